The molecular formula is C18H30N4O2. The number of carbonyl (C=O) groups excluding carboxylic acids is 1. The van der Waals surface area contributed by atoms with Crippen molar-refractivity contribution in [1.82, 2.24) is 15.5 Å². The van der Waals surface area contributed by atoms with E-state index in [9.17, 15) is 4.79 Å². The molecule has 6 nitrogen and oxygen atoms in total. The zero-order valence-corrected chi connectivity index (χ0v) is 14.8. The molecule has 1 aliphatic rings. The molecule has 1 fully saturated rings. The van der Waals surface area contributed by atoms with E-state index < -0.39 is 0 Å². The molecule has 0 bridgehead atoms. The Labute approximate surface area is 144 Å². The lowest BCUT2D eigenvalue weighted by Crippen LogP contribution is -2.42. The van der Waals surface area contributed by atoms with E-state index in [2.05, 4.69) is 16.0 Å². The summed E-state index contributed by atoms with van der Waals surface area (Å²) in [5, 5.41) is 9.81. The minimum atomic E-state index is -0.0149. The average molecular weight is 334 g/mol. The molecule has 0 radical (unpaired) electrons. The predicted molar refractivity (Wildman–Crippen MR) is 97.8 cm³/mol. The Hall–Kier alpha value is -1.79. The number of benzene rings is 1. The fourth-order valence-electron chi connectivity index (χ4n) is 2.98. The largest absolute Gasteiger partial charge is 0.497 e. The Kier molecular flexibility index (Phi) is 7.85. The second kappa shape index (κ2) is 10.2. The maximum atomic E-state index is 12.5. The highest BCUT2D eigenvalue weighted by atomic mass is 16.5. The van der Waals surface area contributed by atoms with Gasteiger partial charge >= 0.3 is 6.03 Å². The van der Waals surface area contributed by atoms with Gasteiger partial charge in [-0.3, -0.25) is 0 Å². The van der Waals surface area contributed by atoms with Crippen molar-refractivity contribution in [3.05, 3.63) is 24.3 Å². The van der Waals surface area contributed by atoms with Gasteiger partial charge in [-0.15, -0.1) is 0 Å². The Morgan fingerprint density at radius 1 is 1.25 bits per heavy atom. The highest BCUT2D eigenvalue weighted by Crippen LogP contribution is 2.16. The van der Waals surface area contributed by atoms with Gasteiger partial charge in [-0.25, -0.2) is 4.79 Å². The molecule has 6 heteroatoms. The van der Waals surface area contributed by atoms with Crippen LogP contribution in [0.1, 0.15) is 25.7 Å². The maximum absolute atomic E-state index is 12.5. The highest BCUT2D eigenvalue weighted by Gasteiger charge is 2.16. The van der Waals surface area contributed by atoms with Gasteiger partial charge < -0.3 is 25.6 Å². The quantitative estimate of drug-likeness (QED) is 0.790. The summed E-state index contributed by atoms with van der Waals surface area (Å²) in [6.07, 6.45) is 4.20. The minimum absolute atomic E-state index is 0.0149. The van der Waals surface area contributed by atoms with Gasteiger partial charge in [-0.05, 0) is 63.5 Å². The fraction of sp³-hybridized carbons (Fsp3) is 0.611. The number of rotatable bonds is 4. The highest BCUT2D eigenvalue weighted by molar-refractivity contribution is 5.89. The molecule has 1 aliphatic heterocycles. The van der Waals surface area contributed by atoms with Gasteiger partial charge in [0.15, 0.2) is 0 Å². The smallest absolute Gasteiger partial charge is 0.321 e. The van der Waals surface area contributed by atoms with E-state index in [-0.39, 0.29) is 6.03 Å². The summed E-state index contributed by atoms with van der Waals surface area (Å²) in [5.41, 5.74) is 0.799. The first-order valence-electron chi connectivity index (χ1n) is 8.81. The third kappa shape index (κ3) is 6.02. The number of carbonyl (C=O) groups is 1. The Morgan fingerprint density at radius 3 is 2.71 bits per heavy atom. The summed E-state index contributed by atoms with van der Waals surface area (Å²) in [4.78, 5) is 14.5. The number of methoxy groups -OCH3 is 1. The van der Waals surface area contributed by atoms with Crippen LogP contribution >= 0.6 is 0 Å². The second-order valence-corrected chi connectivity index (χ2v) is 6.20. The molecule has 0 aliphatic carbocycles. The summed E-state index contributed by atoms with van der Waals surface area (Å²) < 4.78 is 5.14. The Bertz CT molecular complexity index is 492. The second-order valence-electron chi connectivity index (χ2n) is 6.20. The van der Waals surface area contributed by atoms with Crippen molar-refractivity contribution in [2.75, 3.05) is 45.7 Å². The zero-order chi connectivity index (χ0) is 17.2. The molecule has 1 aromatic carbocycles. The van der Waals surface area contributed by atoms with Crippen LogP contribution in [0.3, 0.4) is 0 Å². The van der Waals surface area contributed by atoms with Gasteiger partial charge in [0, 0.05) is 31.4 Å². The van der Waals surface area contributed by atoms with Gasteiger partial charge in [0.05, 0.1) is 7.11 Å². The topological polar surface area (TPSA) is 65.6 Å². The molecule has 0 aromatic heterocycles. The molecule has 2 amide bonds. The molecule has 0 spiro atoms. The molecular weight excluding hydrogens is 304 g/mol. The van der Waals surface area contributed by atoms with E-state index in [1.165, 1.54) is 0 Å². The van der Waals surface area contributed by atoms with Gasteiger partial charge in [-0.2, -0.15) is 0 Å². The Balaban J connectivity index is 1.88. The molecule has 0 saturated carbocycles. The minimum Gasteiger partial charge on any atom is -0.497 e. The molecule has 134 valence electrons. The lowest BCUT2D eigenvalue weighted by molar-refractivity contribution is 0.206. The van der Waals surface area contributed by atoms with Crippen LogP contribution in [0, 0.1) is 0 Å². The fourth-order valence-corrected chi connectivity index (χ4v) is 2.98. The van der Waals surface area contributed by atoms with E-state index >= 15 is 0 Å². The van der Waals surface area contributed by atoms with Gasteiger partial charge in [0.2, 0.25) is 0 Å². The van der Waals surface area contributed by atoms with Gasteiger partial charge in [-0.1, -0.05) is 0 Å². The first-order chi connectivity index (χ1) is 11.7. The molecule has 1 saturated heterocycles. The van der Waals surface area contributed by atoms with Crippen LogP contribution in [-0.2, 0) is 0 Å². The normalized spacial score (nSPS) is 19.6. The van der Waals surface area contributed by atoms with E-state index in [0.29, 0.717) is 6.04 Å². The summed E-state index contributed by atoms with van der Waals surface area (Å²) in [6.45, 7) is 3.59. The third-order valence-corrected chi connectivity index (χ3v) is 4.35. The van der Waals surface area contributed by atoms with Crippen molar-refractivity contribution in [3.63, 3.8) is 0 Å². The number of amides is 2. The number of anilines is 1. The van der Waals surface area contributed by atoms with Crippen LogP contribution in [0.5, 0.6) is 5.75 Å². The van der Waals surface area contributed by atoms with Gasteiger partial charge in [0.25, 0.3) is 0 Å². The number of ether oxygens (including phenoxy) is 1. The number of likely N-dealkylation sites (N-methyl/N-ethyl adjacent to an activating group) is 1. The molecule has 1 unspecified atom stereocenters. The monoisotopic (exact) mass is 334 g/mol. The van der Waals surface area contributed by atoms with E-state index in [1.54, 1.807) is 7.11 Å². The summed E-state index contributed by atoms with van der Waals surface area (Å²) in [6, 6.07) is 7.91. The van der Waals surface area contributed by atoms with Crippen LogP contribution in [0.2, 0.25) is 0 Å². The molecule has 2 rings (SSSR count). The van der Waals surface area contributed by atoms with Crippen molar-refractivity contribution in [1.29, 1.82) is 0 Å². The zero-order valence-electron chi connectivity index (χ0n) is 14.8. The van der Waals surface area contributed by atoms with E-state index in [4.69, 9.17) is 4.74 Å². The predicted octanol–water partition coefficient (Wildman–Crippen LogP) is 2.28. The van der Waals surface area contributed by atoms with Crippen molar-refractivity contribution < 1.29 is 9.53 Å². The third-order valence-electron chi connectivity index (χ3n) is 4.35. The van der Waals surface area contributed by atoms with Crippen LogP contribution in [0.25, 0.3) is 0 Å². The number of hydrogen-bond acceptors (Lipinski definition) is 4. The van der Waals surface area contributed by atoms with Crippen LogP contribution < -0.4 is 20.7 Å². The lowest BCUT2D eigenvalue weighted by Gasteiger charge is -2.27. The number of hydrogen-bond donors (Lipinski definition) is 3. The van der Waals surface area contributed by atoms with Crippen LogP contribution in [0.15, 0.2) is 24.3 Å². The van der Waals surface area contributed by atoms with Crippen molar-refractivity contribution in [2.45, 2.75) is 31.7 Å². The molecule has 1 aromatic rings. The van der Waals surface area contributed by atoms with E-state index in [1.807, 2.05) is 36.2 Å². The number of nitrogens with one attached hydrogen (secondary N) is 3. The van der Waals surface area contributed by atoms with Crippen molar-refractivity contribution in [3.8, 4) is 5.75 Å². The molecule has 1 heterocycles. The molecule has 1 atom stereocenters. The summed E-state index contributed by atoms with van der Waals surface area (Å²) in [5.74, 6) is 0.787. The van der Waals surface area contributed by atoms with E-state index in [0.717, 1.165) is 63.3 Å². The first kappa shape index (κ1) is 18.5. The van der Waals surface area contributed by atoms with Crippen LogP contribution in [-0.4, -0.2) is 57.3 Å². The first-order valence-corrected chi connectivity index (χ1v) is 8.81. The van der Waals surface area contributed by atoms with Crippen LogP contribution in [0.4, 0.5) is 10.5 Å². The molecule has 24 heavy (non-hydrogen) atoms. The number of urea groups is 1. The van der Waals surface area contributed by atoms with Crippen molar-refractivity contribution >= 4 is 11.7 Å². The summed E-state index contributed by atoms with van der Waals surface area (Å²) >= 11 is 0. The maximum Gasteiger partial charge on any atom is 0.321 e. The number of nitrogens with zero attached hydrogens (tertiary/aromatic N) is 1. The summed E-state index contributed by atoms with van der Waals surface area (Å²) in [7, 11) is 3.62. The molecule has 3 N–H and O–H groups in total. The SMILES string of the molecule is CNCC1CCCN(C(=O)Nc2ccc(OC)cc2)CCCCN1. The average Bonchev–Trinajstić information content (AvgIpc) is 2.61. The standard InChI is InChI=1S/C18H30N4O2/c1-19-14-16-6-5-13-22(12-4-3-11-20-16)18(23)21-15-7-9-17(24-2)10-8-15/h7-10,16,19-20H,3-6,11-14H2,1-2H3,(H,21,23). The van der Waals surface area contributed by atoms with Crippen molar-refractivity contribution in [2.24, 2.45) is 0 Å². The van der Waals surface area contributed by atoms with Gasteiger partial charge in [0.1, 0.15) is 5.75 Å². The lowest BCUT2D eigenvalue weighted by atomic mass is 10.1. The Morgan fingerprint density at radius 2 is 2.00 bits per heavy atom.